The normalized spacial score (nSPS) is 16.4. The zero-order chi connectivity index (χ0) is 13.6. The number of aliphatic hydroxyl groups is 1. The summed E-state index contributed by atoms with van der Waals surface area (Å²) in [6.07, 6.45) is 2.44. The molecule has 1 fully saturated rings. The van der Waals surface area contributed by atoms with E-state index in [0.29, 0.717) is 12.3 Å². The number of benzene rings is 2. The van der Waals surface area contributed by atoms with Crippen LogP contribution in [0.1, 0.15) is 18.4 Å². The SMILES string of the molecule is OC1(Cc2ccccc2-c2nc3ccccc3o2)CC1. The van der Waals surface area contributed by atoms with E-state index >= 15 is 0 Å². The van der Waals surface area contributed by atoms with Crippen LogP contribution in [-0.2, 0) is 6.42 Å². The maximum absolute atomic E-state index is 10.1. The fourth-order valence-electron chi connectivity index (χ4n) is 2.55. The van der Waals surface area contributed by atoms with Gasteiger partial charge in [-0.2, -0.15) is 0 Å². The summed E-state index contributed by atoms with van der Waals surface area (Å²) in [5, 5.41) is 10.1. The first-order valence-electron chi connectivity index (χ1n) is 6.90. The summed E-state index contributed by atoms with van der Waals surface area (Å²) in [7, 11) is 0. The van der Waals surface area contributed by atoms with Crippen molar-refractivity contribution in [1.82, 2.24) is 4.98 Å². The first-order valence-corrected chi connectivity index (χ1v) is 6.90. The molecular weight excluding hydrogens is 250 g/mol. The van der Waals surface area contributed by atoms with Crippen LogP contribution in [-0.4, -0.2) is 15.7 Å². The number of hydrogen-bond donors (Lipinski definition) is 1. The number of fused-ring (bicyclic) bond motifs is 1. The largest absolute Gasteiger partial charge is 0.436 e. The highest BCUT2D eigenvalue weighted by molar-refractivity contribution is 5.76. The Bertz CT molecular complexity index is 738. The average molecular weight is 265 g/mol. The van der Waals surface area contributed by atoms with Gasteiger partial charge in [0, 0.05) is 12.0 Å². The lowest BCUT2D eigenvalue weighted by Gasteiger charge is -2.10. The van der Waals surface area contributed by atoms with Gasteiger partial charge in [-0.25, -0.2) is 4.98 Å². The Morgan fingerprint density at radius 2 is 1.80 bits per heavy atom. The molecule has 1 N–H and O–H groups in total. The number of rotatable bonds is 3. The van der Waals surface area contributed by atoms with Crippen LogP contribution in [0, 0.1) is 0 Å². The lowest BCUT2D eigenvalue weighted by molar-refractivity contribution is 0.151. The van der Waals surface area contributed by atoms with E-state index in [9.17, 15) is 5.11 Å². The van der Waals surface area contributed by atoms with Crippen LogP contribution in [0.25, 0.3) is 22.6 Å². The number of aromatic nitrogens is 1. The predicted octanol–water partition coefficient (Wildman–Crippen LogP) is 3.56. The van der Waals surface area contributed by atoms with Crippen LogP contribution in [0.15, 0.2) is 52.9 Å². The molecule has 0 unspecified atom stereocenters. The monoisotopic (exact) mass is 265 g/mol. The summed E-state index contributed by atoms with van der Waals surface area (Å²) in [4.78, 5) is 4.55. The molecule has 1 aliphatic carbocycles. The van der Waals surface area contributed by atoms with Gasteiger partial charge in [0.2, 0.25) is 5.89 Å². The summed E-state index contributed by atoms with van der Waals surface area (Å²) in [5.74, 6) is 0.631. The highest BCUT2D eigenvalue weighted by atomic mass is 16.3. The summed E-state index contributed by atoms with van der Waals surface area (Å²) in [6, 6.07) is 15.8. The second-order valence-electron chi connectivity index (χ2n) is 5.55. The molecule has 0 radical (unpaired) electrons. The standard InChI is InChI=1S/C17H15NO2/c19-17(9-10-17)11-12-5-1-2-6-13(12)16-18-14-7-3-4-8-15(14)20-16/h1-8,19H,9-11H2. The lowest BCUT2D eigenvalue weighted by atomic mass is 10.0. The molecule has 3 aromatic rings. The summed E-state index contributed by atoms with van der Waals surface area (Å²) in [5.41, 5.74) is 3.22. The summed E-state index contributed by atoms with van der Waals surface area (Å²) >= 11 is 0. The molecule has 0 saturated heterocycles. The Hall–Kier alpha value is -2.13. The van der Waals surface area contributed by atoms with Gasteiger partial charge in [0.15, 0.2) is 5.58 Å². The average Bonchev–Trinajstić information content (AvgIpc) is 3.03. The van der Waals surface area contributed by atoms with E-state index in [1.54, 1.807) is 0 Å². The summed E-state index contributed by atoms with van der Waals surface area (Å²) < 4.78 is 5.84. The van der Waals surface area contributed by atoms with Gasteiger partial charge in [-0.15, -0.1) is 0 Å². The highest BCUT2D eigenvalue weighted by Crippen LogP contribution is 2.40. The van der Waals surface area contributed by atoms with Crippen molar-refractivity contribution < 1.29 is 9.52 Å². The van der Waals surface area contributed by atoms with E-state index < -0.39 is 5.60 Å². The van der Waals surface area contributed by atoms with Gasteiger partial charge in [0.05, 0.1) is 5.60 Å². The summed E-state index contributed by atoms with van der Waals surface area (Å²) in [6.45, 7) is 0. The van der Waals surface area contributed by atoms with Crippen LogP contribution in [0.2, 0.25) is 0 Å². The Morgan fingerprint density at radius 1 is 1.05 bits per heavy atom. The Labute approximate surface area is 116 Å². The highest BCUT2D eigenvalue weighted by Gasteiger charge is 2.40. The molecule has 0 spiro atoms. The maximum Gasteiger partial charge on any atom is 0.227 e. The van der Waals surface area contributed by atoms with Gasteiger partial charge >= 0.3 is 0 Å². The van der Waals surface area contributed by atoms with Gasteiger partial charge in [-0.3, -0.25) is 0 Å². The van der Waals surface area contributed by atoms with E-state index in [-0.39, 0.29) is 0 Å². The third-order valence-corrected chi connectivity index (χ3v) is 3.89. The minimum atomic E-state index is -0.512. The van der Waals surface area contributed by atoms with Crippen LogP contribution >= 0.6 is 0 Å². The van der Waals surface area contributed by atoms with E-state index in [2.05, 4.69) is 4.98 Å². The molecule has 100 valence electrons. The quantitative estimate of drug-likeness (QED) is 0.787. The molecule has 4 rings (SSSR count). The van der Waals surface area contributed by atoms with Crippen molar-refractivity contribution in [2.75, 3.05) is 0 Å². The Balaban J connectivity index is 1.80. The molecule has 1 heterocycles. The minimum Gasteiger partial charge on any atom is -0.436 e. The fraction of sp³-hybridized carbons (Fsp3) is 0.235. The fourth-order valence-corrected chi connectivity index (χ4v) is 2.55. The van der Waals surface area contributed by atoms with Gasteiger partial charge in [-0.05, 0) is 36.6 Å². The zero-order valence-corrected chi connectivity index (χ0v) is 11.0. The number of oxazole rings is 1. The van der Waals surface area contributed by atoms with Gasteiger partial charge in [0.1, 0.15) is 5.52 Å². The maximum atomic E-state index is 10.1. The molecule has 1 aliphatic rings. The number of para-hydroxylation sites is 2. The van der Waals surface area contributed by atoms with E-state index in [0.717, 1.165) is 35.1 Å². The molecule has 3 nitrogen and oxygen atoms in total. The van der Waals surface area contributed by atoms with E-state index in [1.807, 2.05) is 48.5 Å². The Morgan fingerprint density at radius 3 is 2.60 bits per heavy atom. The number of hydrogen-bond acceptors (Lipinski definition) is 3. The Kier molecular flexibility index (Phi) is 2.44. The molecular formula is C17H15NO2. The predicted molar refractivity (Wildman–Crippen MR) is 77.3 cm³/mol. The smallest absolute Gasteiger partial charge is 0.227 e. The molecule has 0 bridgehead atoms. The van der Waals surface area contributed by atoms with Crippen molar-refractivity contribution >= 4 is 11.1 Å². The van der Waals surface area contributed by atoms with Gasteiger partial charge in [0.25, 0.3) is 0 Å². The molecule has 20 heavy (non-hydrogen) atoms. The second-order valence-corrected chi connectivity index (χ2v) is 5.55. The van der Waals surface area contributed by atoms with Crippen LogP contribution in [0.5, 0.6) is 0 Å². The lowest BCUT2D eigenvalue weighted by Crippen LogP contribution is -2.11. The zero-order valence-electron chi connectivity index (χ0n) is 11.0. The first kappa shape index (κ1) is 11.7. The number of nitrogens with zero attached hydrogens (tertiary/aromatic N) is 1. The van der Waals surface area contributed by atoms with Crippen molar-refractivity contribution in [3.05, 3.63) is 54.1 Å². The third-order valence-electron chi connectivity index (χ3n) is 3.89. The van der Waals surface area contributed by atoms with Crippen LogP contribution in [0.4, 0.5) is 0 Å². The van der Waals surface area contributed by atoms with Crippen LogP contribution < -0.4 is 0 Å². The molecule has 1 saturated carbocycles. The molecule has 0 atom stereocenters. The van der Waals surface area contributed by atoms with E-state index in [4.69, 9.17) is 4.42 Å². The molecule has 3 heteroatoms. The van der Waals surface area contributed by atoms with Crippen molar-refractivity contribution in [2.24, 2.45) is 0 Å². The molecule has 1 aromatic heterocycles. The third kappa shape index (κ3) is 2.00. The molecule has 2 aromatic carbocycles. The molecule has 0 amide bonds. The van der Waals surface area contributed by atoms with Crippen molar-refractivity contribution in [3.8, 4) is 11.5 Å². The van der Waals surface area contributed by atoms with Gasteiger partial charge in [-0.1, -0.05) is 30.3 Å². The second kappa shape index (κ2) is 4.18. The van der Waals surface area contributed by atoms with Gasteiger partial charge < -0.3 is 9.52 Å². The van der Waals surface area contributed by atoms with Crippen molar-refractivity contribution in [2.45, 2.75) is 24.9 Å². The van der Waals surface area contributed by atoms with Crippen molar-refractivity contribution in [1.29, 1.82) is 0 Å². The van der Waals surface area contributed by atoms with Crippen molar-refractivity contribution in [3.63, 3.8) is 0 Å². The van der Waals surface area contributed by atoms with Crippen LogP contribution in [0.3, 0.4) is 0 Å². The first-order chi connectivity index (χ1) is 9.73. The molecule has 0 aliphatic heterocycles. The van der Waals surface area contributed by atoms with E-state index in [1.165, 1.54) is 0 Å². The minimum absolute atomic E-state index is 0.512. The topological polar surface area (TPSA) is 46.3 Å².